The van der Waals surface area contributed by atoms with Crippen LogP contribution in [0.5, 0.6) is 0 Å². The Hall–Kier alpha value is -1.50. The first-order valence-electron chi connectivity index (χ1n) is 3.38. The van der Waals surface area contributed by atoms with Crippen LogP contribution in [0.15, 0.2) is 23.1 Å². The lowest BCUT2D eigenvalue weighted by molar-refractivity contribution is -0.108. The lowest BCUT2D eigenvalue weighted by atomic mass is 10.3. The van der Waals surface area contributed by atoms with E-state index in [9.17, 15) is 22.0 Å². The first kappa shape index (κ1) is 10.6. The van der Waals surface area contributed by atoms with Gasteiger partial charge in [-0.2, -0.15) is 0 Å². The molecule has 1 amide bonds. The summed E-state index contributed by atoms with van der Waals surface area (Å²) in [6, 6.07) is 1.93. The average Bonchev–Trinajstić information content (AvgIpc) is 2.02. The largest absolute Gasteiger partial charge is 0.278 e. The summed E-state index contributed by atoms with van der Waals surface area (Å²) in [5.74, 6) is -2.15. The Balaban J connectivity index is 3.26. The molecule has 4 nitrogen and oxygen atoms in total. The number of rotatable bonds is 3. The highest BCUT2D eigenvalue weighted by atomic mass is 32.2. The number of benzene rings is 1. The molecule has 0 fully saturated rings. The first-order valence-corrected chi connectivity index (χ1v) is 4.87. The minimum Gasteiger partial charge on any atom is -0.278 e. The molecular formula is C7H5F2NO3S. The number of carbonyl (C=O) groups excluding carboxylic acids is 1. The summed E-state index contributed by atoms with van der Waals surface area (Å²) in [6.45, 7) is 0. The lowest BCUT2D eigenvalue weighted by Gasteiger charge is -2.02. The zero-order chi connectivity index (χ0) is 10.8. The second-order valence-corrected chi connectivity index (χ2v) is 4.00. The summed E-state index contributed by atoms with van der Waals surface area (Å²) in [5, 5.41) is 0. The normalized spacial score (nSPS) is 11.0. The van der Waals surface area contributed by atoms with E-state index in [1.54, 1.807) is 0 Å². The Morgan fingerprint density at radius 2 is 1.93 bits per heavy atom. The van der Waals surface area contributed by atoms with Crippen molar-refractivity contribution in [3.05, 3.63) is 29.8 Å². The smallest absolute Gasteiger partial charge is 0.266 e. The molecule has 0 aliphatic carbocycles. The van der Waals surface area contributed by atoms with Gasteiger partial charge in [0.25, 0.3) is 10.0 Å². The van der Waals surface area contributed by atoms with Crippen molar-refractivity contribution in [3.63, 3.8) is 0 Å². The molecule has 0 unspecified atom stereocenters. The topological polar surface area (TPSA) is 63.2 Å². The van der Waals surface area contributed by atoms with E-state index in [0.29, 0.717) is 6.07 Å². The van der Waals surface area contributed by atoms with Crippen molar-refractivity contribution in [2.75, 3.05) is 0 Å². The van der Waals surface area contributed by atoms with Crippen LogP contribution in [0.1, 0.15) is 0 Å². The van der Waals surface area contributed by atoms with Crippen LogP contribution in [0.4, 0.5) is 8.78 Å². The molecule has 76 valence electrons. The fourth-order valence-corrected chi connectivity index (χ4v) is 1.64. The maximum absolute atomic E-state index is 12.9. The summed E-state index contributed by atoms with van der Waals surface area (Å²) in [7, 11) is -4.22. The summed E-state index contributed by atoms with van der Waals surface area (Å²) in [5.41, 5.74) is 0. The lowest BCUT2D eigenvalue weighted by Crippen LogP contribution is -2.22. The third-order valence-electron chi connectivity index (χ3n) is 1.39. The van der Waals surface area contributed by atoms with Crippen molar-refractivity contribution in [3.8, 4) is 0 Å². The van der Waals surface area contributed by atoms with Crippen molar-refractivity contribution < 1.29 is 22.0 Å². The van der Waals surface area contributed by atoms with E-state index in [2.05, 4.69) is 0 Å². The van der Waals surface area contributed by atoms with Crippen molar-refractivity contribution in [1.82, 2.24) is 4.72 Å². The van der Waals surface area contributed by atoms with Crippen molar-refractivity contribution in [1.29, 1.82) is 0 Å². The Morgan fingerprint density at radius 3 is 2.43 bits per heavy atom. The molecule has 0 radical (unpaired) electrons. The van der Waals surface area contributed by atoms with Gasteiger partial charge in [0.1, 0.15) is 16.5 Å². The highest BCUT2D eigenvalue weighted by Crippen LogP contribution is 2.14. The molecule has 7 heteroatoms. The van der Waals surface area contributed by atoms with Crippen molar-refractivity contribution >= 4 is 16.4 Å². The fraction of sp³-hybridized carbons (Fsp3) is 0. The molecule has 0 spiro atoms. The molecule has 0 aromatic heterocycles. The van der Waals surface area contributed by atoms with Gasteiger partial charge in [0.15, 0.2) is 0 Å². The van der Waals surface area contributed by atoms with Gasteiger partial charge in [-0.15, -0.1) is 0 Å². The SMILES string of the molecule is O=CNS(=O)(=O)c1ccc(F)cc1F. The van der Waals surface area contributed by atoms with Gasteiger partial charge in [0, 0.05) is 6.07 Å². The highest BCUT2D eigenvalue weighted by Gasteiger charge is 2.18. The summed E-state index contributed by atoms with van der Waals surface area (Å²) < 4.78 is 48.8. The molecule has 0 atom stereocenters. The molecule has 0 heterocycles. The van der Waals surface area contributed by atoms with E-state index < -0.39 is 26.6 Å². The molecule has 0 bridgehead atoms. The standard InChI is InChI=1S/C7H5F2NO3S/c8-5-1-2-7(6(9)3-5)14(12,13)10-4-11/h1-4H,(H,10,11). The minimum atomic E-state index is -4.22. The van der Waals surface area contributed by atoms with E-state index in [1.807, 2.05) is 0 Å². The molecule has 1 N–H and O–H groups in total. The van der Waals surface area contributed by atoms with Gasteiger partial charge < -0.3 is 0 Å². The Bertz CT molecular complexity index is 458. The van der Waals surface area contributed by atoms with E-state index in [4.69, 9.17) is 0 Å². The van der Waals surface area contributed by atoms with Crippen LogP contribution in [0.2, 0.25) is 0 Å². The monoisotopic (exact) mass is 221 g/mol. The van der Waals surface area contributed by atoms with Gasteiger partial charge in [-0.25, -0.2) is 17.2 Å². The molecule has 0 aliphatic heterocycles. The molecule has 0 aliphatic rings. The first-order chi connectivity index (χ1) is 6.47. The van der Waals surface area contributed by atoms with Gasteiger partial charge in [-0.1, -0.05) is 0 Å². The second-order valence-electron chi connectivity index (χ2n) is 2.31. The van der Waals surface area contributed by atoms with Gasteiger partial charge in [-0.3, -0.25) is 9.52 Å². The van der Waals surface area contributed by atoms with Crippen molar-refractivity contribution in [2.45, 2.75) is 4.90 Å². The van der Waals surface area contributed by atoms with Crippen LogP contribution >= 0.6 is 0 Å². The van der Waals surface area contributed by atoms with E-state index in [0.717, 1.165) is 12.1 Å². The number of amides is 1. The Kier molecular flexibility index (Phi) is 2.80. The summed E-state index contributed by atoms with van der Waals surface area (Å²) in [4.78, 5) is 9.11. The van der Waals surface area contributed by atoms with Crippen LogP contribution in [0.3, 0.4) is 0 Å². The molecule has 0 saturated heterocycles. The number of carbonyl (C=O) groups is 1. The van der Waals surface area contributed by atoms with Crippen LogP contribution in [-0.4, -0.2) is 14.8 Å². The molecule has 1 aromatic rings. The van der Waals surface area contributed by atoms with Crippen LogP contribution in [0, 0.1) is 11.6 Å². The van der Waals surface area contributed by atoms with E-state index in [-0.39, 0.29) is 6.41 Å². The van der Waals surface area contributed by atoms with Gasteiger partial charge >= 0.3 is 0 Å². The molecule has 14 heavy (non-hydrogen) atoms. The van der Waals surface area contributed by atoms with Gasteiger partial charge in [0.05, 0.1) is 0 Å². The quantitative estimate of drug-likeness (QED) is 0.751. The fourth-order valence-electron chi connectivity index (χ4n) is 0.820. The van der Waals surface area contributed by atoms with Crippen LogP contribution in [-0.2, 0) is 14.8 Å². The summed E-state index contributed by atoms with van der Waals surface area (Å²) >= 11 is 0. The van der Waals surface area contributed by atoms with Crippen molar-refractivity contribution in [2.24, 2.45) is 0 Å². The molecule has 1 aromatic carbocycles. The number of hydrogen-bond acceptors (Lipinski definition) is 3. The predicted octanol–water partition coefficient (Wildman–Crippen LogP) is 0.400. The minimum absolute atomic E-state index is 0.0991. The molecule has 0 saturated carbocycles. The highest BCUT2D eigenvalue weighted by molar-refractivity contribution is 7.90. The number of hydrogen-bond donors (Lipinski definition) is 1. The number of sulfonamides is 1. The third kappa shape index (κ3) is 2.05. The van der Waals surface area contributed by atoms with Crippen LogP contribution < -0.4 is 4.72 Å². The summed E-state index contributed by atoms with van der Waals surface area (Å²) in [6.07, 6.45) is -0.0991. The Morgan fingerprint density at radius 1 is 1.29 bits per heavy atom. The van der Waals surface area contributed by atoms with E-state index in [1.165, 1.54) is 4.72 Å². The van der Waals surface area contributed by atoms with Gasteiger partial charge in [-0.05, 0) is 12.1 Å². The maximum atomic E-state index is 12.9. The third-order valence-corrected chi connectivity index (χ3v) is 2.70. The predicted molar refractivity (Wildman–Crippen MR) is 42.7 cm³/mol. The second kappa shape index (κ2) is 3.70. The Labute approximate surface area is 78.6 Å². The zero-order valence-electron chi connectivity index (χ0n) is 6.70. The van der Waals surface area contributed by atoms with Gasteiger partial charge in [0.2, 0.25) is 6.41 Å². The van der Waals surface area contributed by atoms with Crippen LogP contribution in [0.25, 0.3) is 0 Å². The number of halogens is 2. The number of nitrogens with one attached hydrogen (secondary N) is 1. The van der Waals surface area contributed by atoms with E-state index >= 15 is 0 Å². The average molecular weight is 221 g/mol. The maximum Gasteiger partial charge on any atom is 0.266 e. The molecular weight excluding hydrogens is 216 g/mol. The zero-order valence-corrected chi connectivity index (χ0v) is 7.51. The molecule has 1 rings (SSSR count).